The molecule has 7 atom stereocenters. The van der Waals surface area contributed by atoms with Gasteiger partial charge in [-0.1, -0.05) is 86.5 Å². The van der Waals surface area contributed by atoms with Crippen molar-refractivity contribution in [2.75, 3.05) is 19.6 Å². The summed E-state index contributed by atoms with van der Waals surface area (Å²) >= 11 is 0. The molecule has 0 radical (unpaired) electrons. The van der Waals surface area contributed by atoms with Crippen LogP contribution in [0.25, 0.3) is 10.9 Å². The van der Waals surface area contributed by atoms with E-state index >= 15 is 0 Å². The monoisotopic (exact) mass is 947 g/mol. The average molecular weight is 947 g/mol. The van der Waals surface area contributed by atoms with Crippen LogP contribution in [-0.2, 0) is 46.4 Å². The molecule has 4 aromatic rings. The average Bonchev–Trinajstić information content (AvgIpc) is 4.15. The van der Waals surface area contributed by atoms with Crippen LogP contribution in [0.2, 0.25) is 0 Å². The largest absolute Gasteiger partial charge is 0.368 e. The number of H-pyrrole nitrogens is 1. The minimum atomic E-state index is -1.26. The van der Waals surface area contributed by atoms with E-state index in [1.54, 1.807) is 36.5 Å². The van der Waals surface area contributed by atoms with Gasteiger partial charge in [0.2, 0.25) is 41.4 Å². The van der Waals surface area contributed by atoms with Crippen LogP contribution >= 0.6 is 0 Å². The molecule has 0 saturated carbocycles. The molecular weight excluding hydrogens is 881 g/mol. The van der Waals surface area contributed by atoms with Gasteiger partial charge in [0.05, 0.1) is 0 Å². The highest BCUT2D eigenvalue weighted by Gasteiger charge is 2.44. The van der Waals surface area contributed by atoms with Gasteiger partial charge in [-0.2, -0.15) is 0 Å². The molecule has 2 aliphatic rings. The van der Waals surface area contributed by atoms with Gasteiger partial charge < -0.3 is 52.8 Å². The zero-order valence-corrected chi connectivity index (χ0v) is 39.4. The summed E-state index contributed by atoms with van der Waals surface area (Å²) in [6.07, 6.45) is 6.09. The number of amides is 8. The molecule has 69 heavy (non-hydrogen) atoms. The van der Waals surface area contributed by atoms with Crippen LogP contribution in [0.3, 0.4) is 0 Å². The summed E-state index contributed by atoms with van der Waals surface area (Å²) in [7, 11) is 0. The normalized spacial score (nSPS) is 17.8. The Hall–Kier alpha value is -7.08. The number of nitrogens with zero attached hydrogens (tertiary/aromatic N) is 2. The molecule has 2 aliphatic heterocycles. The molecule has 10 N–H and O–H groups in total. The van der Waals surface area contributed by atoms with Crippen molar-refractivity contribution >= 4 is 58.2 Å². The van der Waals surface area contributed by atoms with Crippen LogP contribution in [0, 0.1) is 0 Å². The van der Waals surface area contributed by atoms with Gasteiger partial charge in [0.1, 0.15) is 42.3 Å². The maximum atomic E-state index is 14.9. The highest BCUT2D eigenvalue weighted by molar-refractivity contribution is 6.00. The van der Waals surface area contributed by atoms with Crippen molar-refractivity contribution in [2.24, 2.45) is 11.5 Å². The van der Waals surface area contributed by atoms with E-state index < -0.39 is 89.6 Å². The van der Waals surface area contributed by atoms with Crippen LogP contribution in [0.4, 0.5) is 0 Å². The molecule has 2 fully saturated rings. The zero-order valence-electron chi connectivity index (χ0n) is 39.4. The highest BCUT2D eigenvalue weighted by atomic mass is 16.2. The second-order valence-corrected chi connectivity index (χ2v) is 17.9. The van der Waals surface area contributed by atoms with Crippen molar-refractivity contribution in [2.45, 2.75) is 127 Å². The first-order chi connectivity index (χ1) is 33.3. The van der Waals surface area contributed by atoms with E-state index in [0.717, 1.165) is 22.9 Å². The van der Waals surface area contributed by atoms with Gasteiger partial charge in [0.25, 0.3) is 5.91 Å². The lowest BCUT2D eigenvalue weighted by molar-refractivity contribution is -0.148. The molecule has 0 spiro atoms. The summed E-state index contributed by atoms with van der Waals surface area (Å²) in [5.74, 6) is -4.46. The number of unbranched alkanes of at least 4 members (excludes halogenated alkanes) is 1. The van der Waals surface area contributed by atoms with E-state index in [4.69, 9.17) is 11.5 Å². The van der Waals surface area contributed by atoms with Gasteiger partial charge in [0, 0.05) is 48.6 Å². The van der Waals surface area contributed by atoms with Crippen molar-refractivity contribution < 1.29 is 38.4 Å². The first-order valence-electron chi connectivity index (χ1n) is 24.1. The maximum absolute atomic E-state index is 14.9. The Morgan fingerprint density at radius 2 is 1.29 bits per heavy atom. The van der Waals surface area contributed by atoms with E-state index in [9.17, 15) is 38.4 Å². The number of aromatic nitrogens is 1. The number of benzene rings is 3. The summed E-state index contributed by atoms with van der Waals surface area (Å²) in [6.45, 7) is 4.22. The number of nitrogens with one attached hydrogen (secondary N) is 6. The van der Waals surface area contributed by atoms with Crippen LogP contribution in [0.5, 0.6) is 0 Å². The molecule has 2 saturated heterocycles. The second kappa shape index (κ2) is 24.8. The highest BCUT2D eigenvalue weighted by Crippen LogP contribution is 2.27. The zero-order chi connectivity index (χ0) is 49.5. The van der Waals surface area contributed by atoms with Crippen LogP contribution in [0.1, 0.15) is 93.1 Å². The van der Waals surface area contributed by atoms with E-state index in [-0.39, 0.29) is 32.4 Å². The van der Waals surface area contributed by atoms with E-state index in [1.807, 2.05) is 61.5 Å². The molecule has 8 amide bonds. The van der Waals surface area contributed by atoms with Gasteiger partial charge in [0.15, 0.2) is 0 Å². The molecule has 1 aromatic heterocycles. The van der Waals surface area contributed by atoms with Crippen molar-refractivity contribution in [3.63, 3.8) is 0 Å². The first-order valence-corrected chi connectivity index (χ1v) is 24.1. The predicted octanol–water partition coefficient (Wildman–Crippen LogP) is 2.11. The Bertz CT molecular complexity index is 2430. The number of likely N-dealkylation sites (tertiary alicyclic amines) is 2. The van der Waals surface area contributed by atoms with Crippen molar-refractivity contribution in [3.05, 3.63) is 108 Å². The number of rotatable bonds is 23. The lowest BCUT2D eigenvalue weighted by Gasteiger charge is -2.33. The fourth-order valence-corrected chi connectivity index (χ4v) is 9.09. The summed E-state index contributed by atoms with van der Waals surface area (Å²) in [5.41, 5.74) is 14.0. The number of carbonyl (C=O) groups excluding carboxylic acids is 8. The topological polar surface area (TPSA) is 271 Å². The molecule has 3 heterocycles. The third kappa shape index (κ3) is 13.6. The molecule has 368 valence electrons. The predicted molar refractivity (Wildman–Crippen MR) is 260 cm³/mol. The minimum absolute atomic E-state index is 0.000941. The Morgan fingerprint density at radius 1 is 0.667 bits per heavy atom. The molecule has 18 nitrogen and oxygen atoms in total. The van der Waals surface area contributed by atoms with Gasteiger partial charge in [-0.05, 0) is 87.7 Å². The fraction of sp³-hybridized carbons (Fsp3) is 0.451. The number of hydrogen-bond donors (Lipinski definition) is 8. The number of fused-ring (bicyclic) bond motifs is 1. The SMILES string of the molecule is CCCC[C@H](NC(=O)[C@@H]1CCCN1C(=O)[C@H]1CCCN1C(=O)[C@H](Cc1ccccc1)NC(=O)[C@@H](Cc1c[nH]c2ccccc12)NC(=O)[C@H](C)NC(=O)[C@H](CCCN)NC(=O)c1ccccc1)C(N)=O. The molecular formula is C51H66N10O8. The molecule has 6 rings (SSSR count). The van der Waals surface area contributed by atoms with Gasteiger partial charge in [-0.3, -0.25) is 38.4 Å². The Kier molecular flexibility index (Phi) is 18.4. The fourth-order valence-electron chi connectivity index (χ4n) is 9.09. The van der Waals surface area contributed by atoms with E-state index in [0.29, 0.717) is 62.6 Å². The third-order valence-corrected chi connectivity index (χ3v) is 12.9. The Morgan fingerprint density at radius 3 is 1.99 bits per heavy atom. The van der Waals surface area contributed by atoms with E-state index in [2.05, 4.69) is 31.6 Å². The van der Waals surface area contributed by atoms with Crippen molar-refractivity contribution in [1.29, 1.82) is 0 Å². The molecule has 0 unspecified atom stereocenters. The van der Waals surface area contributed by atoms with Crippen molar-refractivity contribution in [3.8, 4) is 0 Å². The second-order valence-electron chi connectivity index (χ2n) is 17.9. The molecule has 0 aliphatic carbocycles. The van der Waals surface area contributed by atoms with Crippen LogP contribution < -0.4 is 38.1 Å². The number of para-hydroxylation sites is 1. The van der Waals surface area contributed by atoms with Crippen LogP contribution in [0.15, 0.2) is 91.1 Å². The third-order valence-electron chi connectivity index (χ3n) is 12.9. The summed E-state index contributed by atoms with van der Waals surface area (Å²) in [4.78, 5) is 117. The number of hydrogen-bond acceptors (Lipinski definition) is 9. The van der Waals surface area contributed by atoms with Gasteiger partial charge in [-0.15, -0.1) is 0 Å². The lowest BCUT2D eigenvalue weighted by Crippen LogP contribution is -2.60. The van der Waals surface area contributed by atoms with Crippen LogP contribution in [-0.4, -0.2) is 124 Å². The smallest absolute Gasteiger partial charge is 0.251 e. The standard InChI is InChI=1S/C51H66N10O8/c1-3-4-21-38(44(53)62)56-49(67)42-24-14-27-60(42)51(69)43-25-15-28-61(43)50(68)41(29-33-16-7-5-8-17-33)59-48(66)40(30-35-31-54-37-22-12-11-20-36(35)37)58-45(63)32(2)55-47(65)39(23-13-26-52)57-46(64)34-18-9-6-10-19-34/h5-12,16-20,22,31-32,38-43,54H,3-4,13-15,21,23-30,52H2,1-2H3,(H2,53,62)(H,55,65)(H,56,67)(H,57,64)(H,58,63)(H,59,66)/t32-,38-,39-,40+,41-,42-,43+/m0/s1. The maximum Gasteiger partial charge on any atom is 0.251 e. The van der Waals surface area contributed by atoms with Crippen molar-refractivity contribution in [1.82, 2.24) is 41.4 Å². The summed E-state index contributed by atoms with van der Waals surface area (Å²) in [6, 6.07) is 17.8. The first kappa shape index (κ1) is 51.3. The Labute approximate surface area is 402 Å². The minimum Gasteiger partial charge on any atom is -0.368 e. The number of primary amides is 1. The quantitative estimate of drug-likeness (QED) is 0.0541. The lowest BCUT2D eigenvalue weighted by atomic mass is 10.0. The number of nitrogens with two attached hydrogens (primary N) is 2. The number of aromatic amines is 1. The van der Waals surface area contributed by atoms with Gasteiger partial charge in [-0.25, -0.2) is 0 Å². The van der Waals surface area contributed by atoms with Gasteiger partial charge >= 0.3 is 0 Å². The number of carbonyl (C=O) groups is 8. The summed E-state index contributed by atoms with van der Waals surface area (Å²) in [5, 5.41) is 14.8. The summed E-state index contributed by atoms with van der Waals surface area (Å²) < 4.78 is 0. The Balaban J connectivity index is 1.21. The molecule has 3 aromatic carbocycles. The molecule has 0 bridgehead atoms. The molecule has 18 heteroatoms. The van der Waals surface area contributed by atoms with E-state index in [1.165, 1.54) is 16.7 Å².